The van der Waals surface area contributed by atoms with E-state index >= 15 is 0 Å². The molecule has 18 heavy (non-hydrogen) atoms. The van der Waals surface area contributed by atoms with Crippen molar-refractivity contribution >= 4 is 5.97 Å². The van der Waals surface area contributed by atoms with E-state index in [4.69, 9.17) is 4.74 Å². The van der Waals surface area contributed by atoms with Gasteiger partial charge in [0.1, 0.15) is 0 Å². The average Bonchev–Trinajstić information content (AvgIpc) is 2.31. The van der Waals surface area contributed by atoms with E-state index in [0.717, 1.165) is 18.8 Å². The molecule has 0 radical (unpaired) electrons. The number of hydrogen-bond acceptors (Lipinski definition) is 2. The van der Waals surface area contributed by atoms with Gasteiger partial charge < -0.3 is 4.74 Å². The Morgan fingerprint density at radius 3 is 2.06 bits per heavy atom. The fourth-order valence-electron chi connectivity index (χ4n) is 2.00. The second-order valence-corrected chi connectivity index (χ2v) is 5.63. The molecule has 2 nitrogen and oxygen atoms in total. The third-order valence-electron chi connectivity index (χ3n) is 3.14. The lowest BCUT2D eigenvalue weighted by atomic mass is 10.0. The fourth-order valence-corrected chi connectivity index (χ4v) is 2.00. The Kier molecular flexibility index (Phi) is 12.5. The zero-order valence-corrected chi connectivity index (χ0v) is 12.7. The highest BCUT2D eigenvalue weighted by atomic mass is 16.5. The van der Waals surface area contributed by atoms with Crippen molar-refractivity contribution in [3.8, 4) is 0 Å². The van der Waals surface area contributed by atoms with E-state index in [-0.39, 0.29) is 5.97 Å². The minimum Gasteiger partial charge on any atom is -0.466 e. The lowest BCUT2D eigenvalue weighted by Crippen LogP contribution is -2.04. The quantitative estimate of drug-likeness (QED) is 0.358. The van der Waals surface area contributed by atoms with Crippen molar-refractivity contribution in [3.63, 3.8) is 0 Å². The molecule has 108 valence electrons. The predicted molar refractivity (Wildman–Crippen MR) is 77.6 cm³/mol. The maximum atomic E-state index is 11.1. The Labute approximate surface area is 113 Å². The second kappa shape index (κ2) is 12.9. The van der Waals surface area contributed by atoms with Crippen molar-refractivity contribution < 1.29 is 9.53 Å². The molecule has 0 aromatic carbocycles. The summed E-state index contributed by atoms with van der Waals surface area (Å²) in [7, 11) is 0. The van der Waals surface area contributed by atoms with Gasteiger partial charge >= 0.3 is 5.97 Å². The molecular weight excluding hydrogens is 224 g/mol. The summed E-state index contributed by atoms with van der Waals surface area (Å²) in [5.74, 6) is 0.814. The normalized spacial score (nSPS) is 10.9. The third-order valence-corrected chi connectivity index (χ3v) is 3.14. The van der Waals surface area contributed by atoms with Crippen LogP contribution in [0.25, 0.3) is 0 Å². The van der Waals surface area contributed by atoms with Crippen LogP contribution in [0.4, 0.5) is 0 Å². The summed E-state index contributed by atoms with van der Waals surface area (Å²) in [6, 6.07) is 0. The van der Waals surface area contributed by atoms with Crippen LogP contribution in [0.5, 0.6) is 0 Å². The largest absolute Gasteiger partial charge is 0.466 e. The molecule has 0 unspecified atom stereocenters. The van der Waals surface area contributed by atoms with E-state index in [1.54, 1.807) is 0 Å². The molecule has 0 heterocycles. The third kappa shape index (κ3) is 13.5. The van der Waals surface area contributed by atoms with Crippen molar-refractivity contribution in [2.24, 2.45) is 5.92 Å². The molecule has 0 bridgehead atoms. The molecule has 2 heteroatoms. The van der Waals surface area contributed by atoms with E-state index in [2.05, 4.69) is 13.8 Å². The van der Waals surface area contributed by atoms with Gasteiger partial charge in [-0.25, -0.2) is 0 Å². The first-order valence-electron chi connectivity index (χ1n) is 7.82. The lowest BCUT2D eigenvalue weighted by Gasteiger charge is -2.05. The van der Waals surface area contributed by atoms with Crippen LogP contribution >= 0.6 is 0 Å². The highest BCUT2D eigenvalue weighted by molar-refractivity contribution is 5.69. The molecule has 0 aliphatic heterocycles. The summed E-state index contributed by atoms with van der Waals surface area (Å²) in [5.41, 5.74) is 0. The van der Waals surface area contributed by atoms with E-state index in [1.807, 2.05) is 6.92 Å². The van der Waals surface area contributed by atoms with Crippen LogP contribution in [0.3, 0.4) is 0 Å². The molecule has 0 saturated carbocycles. The highest BCUT2D eigenvalue weighted by Gasteiger charge is 1.99. The molecule has 0 saturated heterocycles. The molecule has 0 spiro atoms. The van der Waals surface area contributed by atoms with Crippen LogP contribution in [0.1, 0.15) is 85.0 Å². The number of ether oxygens (including phenoxy) is 1. The predicted octanol–water partition coefficient (Wildman–Crippen LogP) is 5.11. The number of rotatable bonds is 12. The van der Waals surface area contributed by atoms with Crippen molar-refractivity contribution in [2.45, 2.75) is 85.0 Å². The Hall–Kier alpha value is -0.530. The van der Waals surface area contributed by atoms with Crippen LogP contribution in [0.2, 0.25) is 0 Å². The summed E-state index contributed by atoms with van der Waals surface area (Å²) in [4.78, 5) is 11.1. The maximum Gasteiger partial charge on any atom is 0.305 e. The molecule has 0 N–H and O–H groups in total. The van der Waals surface area contributed by atoms with Crippen molar-refractivity contribution in [1.29, 1.82) is 0 Å². The van der Waals surface area contributed by atoms with E-state index in [0.29, 0.717) is 13.0 Å². The maximum absolute atomic E-state index is 11.1. The Morgan fingerprint density at radius 1 is 0.944 bits per heavy atom. The summed E-state index contributed by atoms with van der Waals surface area (Å²) in [6.07, 6.45) is 11.8. The zero-order valence-electron chi connectivity index (χ0n) is 12.7. The van der Waals surface area contributed by atoms with Gasteiger partial charge in [-0.1, -0.05) is 65.7 Å². The van der Waals surface area contributed by atoms with Crippen LogP contribution < -0.4 is 0 Å². The molecular formula is C16H32O2. The van der Waals surface area contributed by atoms with Crippen molar-refractivity contribution in [1.82, 2.24) is 0 Å². The first-order valence-corrected chi connectivity index (χ1v) is 7.82. The van der Waals surface area contributed by atoms with Crippen LogP contribution in [-0.2, 0) is 9.53 Å². The van der Waals surface area contributed by atoms with E-state index in [1.165, 1.54) is 44.9 Å². The van der Waals surface area contributed by atoms with Crippen LogP contribution in [0, 0.1) is 5.92 Å². The Morgan fingerprint density at radius 2 is 1.50 bits per heavy atom. The topological polar surface area (TPSA) is 26.3 Å². The fraction of sp³-hybridized carbons (Fsp3) is 0.938. The molecule has 0 fully saturated rings. The number of carbonyl (C=O) groups is 1. The van der Waals surface area contributed by atoms with Gasteiger partial charge in [-0.2, -0.15) is 0 Å². The van der Waals surface area contributed by atoms with Gasteiger partial charge in [0.2, 0.25) is 0 Å². The first kappa shape index (κ1) is 17.5. The molecule has 0 atom stereocenters. The highest BCUT2D eigenvalue weighted by Crippen LogP contribution is 2.12. The molecule has 0 amide bonds. The smallest absolute Gasteiger partial charge is 0.305 e. The summed E-state index contributed by atoms with van der Waals surface area (Å²) >= 11 is 0. The molecule has 0 aliphatic carbocycles. The van der Waals surface area contributed by atoms with Gasteiger partial charge in [-0.05, 0) is 18.8 Å². The standard InChI is InChI=1S/C16H32O2/c1-4-12-16(17)18-14-11-9-7-5-6-8-10-13-15(2)3/h15H,4-14H2,1-3H3. The summed E-state index contributed by atoms with van der Waals surface area (Å²) < 4.78 is 5.11. The summed E-state index contributed by atoms with van der Waals surface area (Å²) in [5, 5.41) is 0. The molecule has 0 rings (SSSR count). The van der Waals surface area contributed by atoms with Gasteiger partial charge in [-0.3, -0.25) is 4.79 Å². The molecule has 0 aliphatic rings. The van der Waals surface area contributed by atoms with Crippen molar-refractivity contribution in [2.75, 3.05) is 6.61 Å². The van der Waals surface area contributed by atoms with Gasteiger partial charge in [0.05, 0.1) is 6.61 Å². The zero-order chi connectivity index (χ0) is 13.6. The summed E-state index contributed by atoms with van der Waals surface area (Å²) in [6.45, 7) is 7.20. The average molecular weight is 256 g/mol. The minimum atomic E-state index is -0.0359. The number of carbonyl (C=O) groups excluding carboxylic acids is 1. The van der Waals surface area contributed by atoms with Crippen molar-refractivity contribution in [3.05, 3.63) is 0 Å². The SMILES string of the molecule is CCCC(=O)OCCCCCCCCCC(C)C. The number of hydrogen-bond donors (Lipinski definition) is 0. The van der Waals surface area contributed by atoms with Crippen LogP contribution in [0.15, 0.2) is 0 Å². The Balaban J connectivity index is 3.05. The van der Waals surface area contributed by atoms with Crippen LogP contribution in [-0.4, -0.2) is 12.6 Å². The van der Waals surface area contributed by atoms with Gasteiger partial charge in [0.25, 0.3) is 0 Å². The first-order chi connectivity index (χ1) is 8.66. The van der Waals surface area contributed by atoms with E-state index < -0.39 is 0 Å². The van der Waals surface area contributed by atoms with Gasteiger partial charge in [0.15, 0.2) is 0 Å². The number of unbranched alkanes of at least 4 members (excludes halogenated alkanes) is 6. The Bertz CT molecular complexity index is 188. The minimum absolute atomic E-state index is 0.0359. The molecule has 0 aromatic heterocycles. The molecule has 0 aromatic rings. The monoisotopic (exact) mass is 256 g/mol. The van der Waals surface area contributed by atoms with Gasteiger partial charge in [0, 0.05) is 6.42 Å². The number of esters is 1. The second-order valence-electron chi connectivity index (χ2n) is 5.63. The van der Waals surface area contributed by atoms with Gasteiger partial charge in [-0.15, -0.1) is 0 Å². The van der Waals surface area contributed by atoms with E-state index in [9.17, 15) is 4.79 Å². The lowest BCUT2D eigenvalue weighted by molar-refractivity contribution is -0.143.